The first kappa shape index (κ1) is 21.5. The van der Waals surface area contributed by atoms with E-state index in [0.29, 0.717) is 18.2 Å². The minimum absolute atomic E-state index is 0.350. The first-order valence-electron chi connectivity index (χ1n) is 8.87. The lowest BCUT2D eigenvalue weighted by atomic mass is 10.1. The van der Waals surface area contributed by atoms with Gasteiger partial charge in [0, 0.05) is 24.5 Å². The molecule has 0 heterocycles. The van der Waals surface area contributed by atoms with Crippen molar-refractivity contribution < 1.29 is 13.2 Å². The van der Waals surface area contributed by atoms with E-state index in [2.05, 4.69) is 18.3 Å². The highest BCUT2D eigenvalue weighted by atomic mass is 35.5. The second kappa shape index (κ2) is 9.97. The Morgan fingerprint density at radius 2 is 1.89 bits per heavy atom. The highest BCUT2D eigenvalue weighted by Crippen LogP contribution is 2.20. The third kappa shape index (κ3) is 7.40. The van der Waals surface area contributed by atoms with Gasteiger partial charge in [-0.1, -0.05) is 30.7 Å². The van der Waals surface area contributed by atoms with E-state index in [1.165, 1.54) is 23.2 Å². The third-order valence-corrected chi connectivity index (χ3v) is 5.65. The number of rotatable bonds is 10. The smallest absolute Gasteiger partial charge is 0.231 e. The van der Waals surface area contributed by atoms with Crippen LogP contribution in [0.3, 0.4) is 0 Å². The molecule has 0 bridgehead atoms. The molecule has 0 aromatic heterocycles. The summed E-state index contributed by atoms with van der Waals surface area (Å²) in [4.78, 5) is 0. The monoisotopic (exact) mass is 410 g/mol. The molecule has 0 saturated carbocycles. The summed E-state index contributed by atoms with van der Waals surface area (Å²) in [6, 6.07) is 15.0. The maximum Gasteiger partial charge on any atom is 0.231 e. The van der Waals surface area contributed by atoms with E-state index in [1.54, 1.807) is 24.3 Å². The zero-order chi connectivity index (χ0) is 19.9. The summed E-state index contributed by atoms with van der Waals surface area (Å²) < 4.78 is 30.1. The van der Waals surface area contributed by atoms with Gasteiger partial charge in [0.25, 0.3) is 0 Å². The normalized spacial score (nSPS) is 12.6. The van der Waals surface area contributed by atoms with Gasteiger partial charge in [0.15, 0.2) is 0 Å². The molecule has 5 nitrogen and oxygen atoms in total. The summed E-state index contributed by atoms with van der Waals surface area (Å²) in [5, 5.41) is 4.20. The van der Waals surface area contributed by atoms with Gasteiger partial charge in [0.2, 0.25) is 10.0 Å². The van der Waals surface area contributed by atoms with Crippen molar-refractivity contribution in [2.24, 2.45) is 5.92 Å². The molecule has 0 amide bonds. The molecule has 7 heteroatoms. The molecule has 0 saturated heterocycles. The van der Waals surface area contributed by atoms with Crippen LogP contribution in [0.4, 0.5) is 5.69 Å². The highest BCUT2D eigenvalue weighted by molar-refractivity contribution is 7.92. The fraction of sp³-hybridized carbons (Fsp3) is 0.400. The van der Waals surface area contributed by atoms with Gasteiger partial charge >= 0.3 is 0 Å². The molecule has 27 heavy (non-hydrogen) atoms. The highest BCUT2D eigenvalue weighted by Gasteiger charge is 2.11. The quantitative estimate of drug-likeness (QED) is 0.608. The van der Waals surface area contributed by atoms with Gasteiger partial charge in [-0.05, 0) is 54.9 Å². The van der Waals surface area contributed by atoms with Gasteiger partial charge in [0.1, 0.15) is 5.75 Å². The van der Waals surface area contributed by atoms with E-state index in [0.717, 1.165) is 30.3 Å². The predicted octanol–water partition coefficient (Wildman–Crippen LogP) is 3.58. The Morgan fingerprint density at radius 3 is 2.52 bits per heavy atom. The SMILES string of the molecule is CC(CNCCc1cccc(Cl)c1)COc1ccc(N(C)S(C)(=O)=O)cc1. The number of benzene rings is 2. The lowest BCUT2D eigenvalue weighted by Gasteiger charge is -2.17. The Bertz CT molecular complexity index is 825. The zero-order valence-corrected chi connectivity index (χ0v) is 17.6. The van der Waals surface area contributed by atoms with Crippen molar-refractivity contribution in [1.82, 2.24) is 5.32 Å². The number of nitrogens with one attached hydrogen (secondary N) is 1. The van der Waals surface area contributed by atoms with Crippen molar-refractivity contribution in [3.63, 3.8) is 0 Å². The Kier molecular flexibility index (Phi) is 7.95. The van der Waals surface area contributed by atoms with Crippen molar-refractivity contribution in [2.45, 2.75) is 13.3 Å². The molecule has 2 aromatic rings. The van der Waals surface area contributed by atoms with Gasteiger partial charge < -0.3 is 10.1 Å². The van der Waals surface area contributed by atoms with Crippen LogP contribution in [-0.2, 0) is 16.4 Å². The van der Waals surface area contributed by atoms with Gasteiger partial charge in [0.05, 0.1) is 18.6 Å². The molecule has 148 valence electrons. The summed E-state index contributed by atoms with van der Waals surface area (Å²) in [6.07, 6.45) is 2.11. The van der Waals surface area contributed by atoms with Crippen LogP contribution in [-0.4, -0.2) is 41.4 Å². The molecule has 0 spiro atoms. The number of hydrogen-bond acceptors (Lipinski definition) is 4. The standard InChI is InChI=1S/C20H27ClN2O3S/c1-16(14-22-12-11-17-5-4-6-18(21)13-17)15-26-20-9-7-19(8-10-20)23(2)27(3,24)25/h4-10,13,16,22H,11-12,14-15H2,1-3H3. The van der Waals surface area contributed by atoms with Crippen LogP contribution < -0.4 is 14.4 Å². The summed E-state index contributed by atoms with van der Waals surface area (Å²) in [6.45, 7) is 4.45. The fourth-order valence-electron chi connectivity index (χ4n) is 2.51. The summed E-state index contributed by atoms with van der Waals surface area (Å²) in [7, 11) is -1.72. The van der Waals surface area contributed by atoms with Crippen molar-refractivity contribution in [1.29, 1.82) is 0 Å². The molecule has 0 radical (unpaired) electrons. The van der Waals surface area contributed by atoms with Crippen LogP contribution in [0.25, 0.3) is 0 Å². The molecule has 0 fully saturated rings. The minimum Gasteiger partial charge on any atom is -0.493 e. The Balaban J connectivity index is 1.70. The first-order valence-corrected chi connectivity index (χ1v) is 11.1. The van der Waals surface area contributed by atoms with Crippen molar-refractivity contribution >= 4 is 27.3 Å². The number of sulfonamides is 1. The van der Waals surface area contributed by atoms with E-state index in [9.17, 15) is 8.42 Å². The topological polar surface area (TPSA) is 58.6 Å². The average Bonchev–Trinajstić information content (AvgIpc) is 2.63. The number of ether oxygens (including phenoxy) is 1. The Labute approximate surface area is 167 Å². The summed E-state index contributed by atoms with van der Waals surface area (Å²) >= 11 is 5.99. The maximum atomic E-state index is 11.5. The van der Waals surface area contributed by atoms with Crippen molar-refractivity contribution in [3.8, 4) is 5.75 Å². The molecular weight excluding hydrogens is 384 g/mol. The van der Waals surface area contributed by atoms with Crippen LogP contribution in [0.15, 0.2) is 48.5 Å². The number of nitrogens with zero attached hydrogens (tertiary/aromatic N) is 1. The van der Waals surface area contributed by atoms with E-state index in [1.807, 2.05) is 18.2 Å². The van der Waals surface area contributed by atoms with E-state index in [-0.39, 0.29) is 0 Å². The van der Waals surface area contributed by atoms with E-state index < -0.39 is 10.0 Å². The Morgan fingerprint density at radius 1 is 1.19 bits per heavy atom. The maximum absolute atomic E-state index is 11.5. The molecular formula is C20H27ClN2O3S. The predicted molar refractivity (Wildman–Crippen MR) is 112 cm³/mol. The lowest BCUT2D eigenvalue weighted by molar-refractivity contribution is 0.256. The van der Waals surface area contributed by atoms with Gasteiger partial charge in [-0.15, -0.1) is 0 Å². The minimum atomic E-state index is -3.25. The first-order chi connectivity index (χ1) is 12.8. The van der Waals surface area contributed by atoms with Crippen molar-refractivity contribution in [3.05, 3.63) is 59.1 Å². The number of hydrogen-bond donors (Lipinski definition) is 1. The second-order valence-electron chi connectivity index (χ2n) is 6.72. The van der Waals surface area contributed by atoms with E-state index >= 15 is 0 Å². The fourth-order valence-corrected chi connectivity index (χ4v) is 3.23. The van der Waals surface area contributed by atoms with Crippen LogP contribution in [0.1, 0.15) is 12.5 Å². The van der Waals surface area contributed by atoms with E-state index in [4.69, 9.17) is 16.3 Å². The average molecular weight is 411 g/mol. The molecule has 2 aromatic carbocycles. The third-order valence-electron chi connectivity index (χ3n) is 4.20. The molecule has 1 N–H and O–H groups in total. The molecule has 1 atom stereocenters. The molecule has 2 rings (SSSR count). The number of halogens is 1. The number of anilines is 1. The largest absolute Gasteiger partial charge is 0.493 e. The van der Waals surface area contributed by atoms with Gasteiger partial charge in [-0.3, -0.25) is 4.31 Å². The lowest BCUT2D eigenvalue weighted by Crippen LogP contribution is -2.27. The van der Waals surface area contributed by atoms with Crippen LogP contribution in [0, 0.1) is 5.92 Å². The Hall–Kier alpha value is -1.76. The second-order valence-corrected chi connectivity index (χ2v) is 9.17. The van der Waals surface area contributed by atoms with Crippen LogP contribution >= 0.6 is 11.6 Å². The van der Waals surface area contributed by atoms with Crippen LogP contribution in [0.2, 0.25) is 5.02 Å². The molecule has 0 aliphatic rings. The van der Waals surface area contributed by atoms with Gasteiger partial charge in [-0.2, -0.15) is 0 Å². The zero-order valence-electron chi connectivity index (χ0n) is 16.0. The summed E-state index contributed by atoms with van der Waals surface area (Å²) in [5.41, 5.74) is 1.83. The van der Waals surface area contributed by atoms with Crippen molar-refractivity contribution in [2.75, 3.05) is 37.3 Å². The molecule has 0 aliphatic carbocycles. The van der Waals surface area contributed by atoms with Gasteiger partial charge in [-0.25, -0.2) is 8.42 Å². The molecule has 0 aliphatic heterocycles. The van der Waals surface area contributed by atoms with Crippen LogP contribution in [0.5, 0.6) is 5.75 Å². The summed E-state index contributed by atoms with van der Waals surface area (Å²) in [5.74, 6) is 1.08. The molecule has 1 unspecified atom stereocenters.